The second-order valence-electron chi connectivity index (χ2n) is 18.7. The quantitative estimate of drug-likeness (QED) is 0.207. The van der Waals surface area contributed by atoms with Gasteiger partial charge in [-0.15, -0.1) is 0 Å². The van der Waals surface area contributed by atoms with Gasteiger partial charge in [0.25, 0.3) is 0 Å². The van der Waals surface area contributed by atoms with Gasteiger partial charge in [0.2, 0.25) is 0 Å². The maximum absolute atomic E-state index is 11.6. The van der Waals surface area contributed by atoms with Crippen LogP contribution in [0.3, 0.4) is 0 Å². The van der Waals surface area contributed by atoms with Crippen molar-refractivity contribution in [1.29, 1.82) is 0 Å². The van der Waals surface area contributed by atoms with Gasteiger partial charge < -0.3 is 15.3 Å². The molecule has 0 aliphatic heterocycles. The molecule has 0 heterocycles. The summed E-state index contributed by atoms with van der Waals surface area (Å²) in [5.74, 6) is 1.67. The van der Waals surface area contributed by atoms with Gasteiger partial charge >= 0.3 is 0 Å². The second-order valence-corrected chi connectivity index (χ2v) is 18.7. The standard InChI is InChI=1S/C44H68N2O/c1-30(2)24-32(4)46(29-34-26-36(42(8,9)10)27-39(40(34)47)43(11,12)13)38-22-20-37(21-23-38)45-44(14,15)35-18-16-33(17-19-35)25-31(3)28-41(5,6)7/h16-23,26-27,30-32,45,47H,24-25,28-29H2,1-15H3. The van der Waals surface area contributed by atoms with E-state index in [2.05, 4.69) is 175 Å². The molecule has 0 aromatic heterocycles. The Morgan fingerprint density at radius 1 is 0.702 bits per heavy atom. The van der Waals surface area contributed by atoms with Gasteiger partial charge in [-0.2, -0.15) is 0 Å². The zero-order chi connectivity index (χ0) is 35.5. The minimum Gasteiger partial charge on any atom is -0.507 e. The Hall–Kier alpha value is -2.94. The van der Waals surface area contributed by atoms with Crippen LogP contribution in [0.2, 0.25) is 0 Å². The number of aromatic hydroxyl groups is 1. The van der Waals surface area contributed by atoms with Crippen molar-refractivity contribution in [1.82, 2.24) is 0 Å². The maximum Gasteiger partial charge on any atom is 0.124 e. The lowest BCUT2D eigenvalue weighted by molar-refractivity contribution is 0.306. The van der Waals surface area contributed by atoms with Crippen LogP contribution in [0.15, 0.2) is 60.7 Å². The van der Waals surface area contributed by atoms with Crippen LogP contribution in [0.1, 0.15) is 145 Å². The topological polar surface area (TPSA) is 35.5 Å². The molecule has 0 aliphatic carbocycles. The monoisotopic (exact) mass is 641 g/mol. The summed E-state index contributed by atoms with van der Waals surface area (Å²) >= 11 is 0. The average molecular weight is 641 g/mol. The van der Waals surface area contributed by atoms with Crippen molar-refractivity contribution in [2.24, 2.45) is 17.3 Å². The molecule has 2 atom stereocenters. The summed E-state index contributed by atoms with van der Waals surface area (Å²) in [6.45, 7) is 34.8. The molecule has 2 N–H and O–H groups in total. The molecule has 0 fully saturated rings. The van der Waals surface area contributed by atoms with Gasteiger partial charge in [-0.3, -0.25) is 0 Å². The van der Waals surface area contributed by atoms with Crippen LogP contribution >= 0.6 is 0 Å². The smallest absolute Gasteiger partial charge is 0.124 e. The van der Waals surface area contributed by atoms with Crippen LogP contribution < -0.4 is 10.2 Å². The summed E-state index contributed by atoms with van der Waals surface area (Å²) in [7, 11) is 0. The molecule has 3 rings (SSSR count). The third kappa shape index (κ3) is 11.0. The van der Waals surface area contributed by atoms with E-state index >= 15 is 0 Å². The number of hydrogen-bond donors (Lipinski definition) is 2. The fraction of sp³-hybridized carbons (Fsp3) is 0.591. The molecule has 0 radical (unpaired) electrons. The lowest BCUT2D eigenvalue weighted by Crippen LogP contribution is -2.34. The summed E-state index contributed by atoms with van der Waals surface area (Å²) in [5, 5.41) is 15.4. The Kier molecular flexibility index (Phi) is 12.0. The molecule has 3 aromatic rings. The normalized spacial score (nSPS) is 14.3. The fourth-order valence-corrected chi connectivity index (χ4v) is 7.06. The summed E-state index contributed by atoms with van der Waals surface area (Å²) < 4.78 is 0. The lowest BCUT2D eigenvalue weighted by Gasteiger charge is -2.35. The number of hydrogen-bond acceptors (Lipinski definition) is 3. The van der Waals surface area contributed by atoms with Gasteiger partial charge in [-0.25, -0.2) is 0 Å². The molecule has 3 nitrogen and oxygen atoms in total. The van der Waals surface area contributed by atoms with E-state index < -0.39 is 0 Å². The predicted octanol–water partition coefficient (Wildman–Crippen LogP) is 12.4. The van der Waals surface area contributed by atoms with Gasteiger partial charge in [-0.05, 0) is 121 Å². The minimum atomic E-state index is -0.218. The zero-order valence-electron chi connectivity index (χ0n) is 32.7. The third-order valence-corrected chi connectivity index (χ3v) is 9.42. The first-order chi connectivity index (χ1) is 21.5. The van der Waals surface area contributed by atoms with E-state index in [-0.39, 0.29) is 16.4 Å². The molecule has 2 unspecified atom stereocenters. The van der Waals surface area contributed by atoms with E-state index in [1.807, 2.05) is 0 Å². The van der Waals surface area contributed by atoms with Crippen LogP contribution in [-0.4, -0.2) is 11.1 Å². The van der Waals surface area contributed by atoms with Crippen molar-refractivity contribution in [3.63, 3.8) is 0 Å². The van der Waals surface area contributed by atoms with E-state index in [0.29, 0.717) is 35.6 Å². The molecule has 3 heteroatoms. The number of nitrogens with one attached hydrogen (secondary N) is 1. The van der Waals surface area contributed by atoms with Gasteiger partial charge in [0.1, 0.15) is 5.75 Å². The molecule has 0 spiro atoms. The largest absolute Gasteiger partial charge is 0.507 e. The Balaban J connectivity index is 1.87. The number of rotatable bonds is 12. The number of benzene rings is 3. The summed E-state index contributed by atoms with van der Waals surface area (Å²) in [6, 6.07) is 22.9. The molecule has 260 valence electrons. The van der Waals surface area contributed by atoms with Gasteiger partial charge in [0.15, 0.2) is 0 Å². The first-order valence-corrected chi connectivity index (χ1v) is 18.1. The van der Waals surface area contributed by atoms with Gasteiger partial charge in [0.05, 0.1) is 5.54 Å². The fourth-order valence-electron chi connectivity index (χ4n) is 7.06. The Morgan fingerprint density at radius 3 is 1.77 bits per heavy atom. The number of anilines is 2. The van der Waals surface area contributed by atoms with Crippen molar-refractivity contribution in [2.45, 2.75) is 152 Å². The van der Waals surface area contributed by atoms with E-state index in [1.54, 1.807) is 0 Å². The minimum absolute atomic E-state index is 0.0120. The lowest BCUT2D eigenvalue weighted by atomic mass is 9.79. The van der Waals surface area contributed by atoms with Crippen molar-refractivity contribution >= 4 is 11.4 Å². The molecular formula is C44H68N2O. The zero-order valence-corrected chi connectivity index (χ0v) is 32.7. The highest BCUT2D eigenvalue weighted by Crippen LogP contribution is 2.39. The van der Waals surface area contributed by atoms with Crippen molar-refractivity contribution < 1.29 is 5.11 Å². The molecular weight excluding hydrogens is 572 g/mol. The molecule has 0 amide bonds. The van der Waals surface area contributed by atoms with Crippen molar-refractivity contribution in [2.75, 3.05) is 10.2 Å². The maximum atomic E-state index is 11.6. The van der Waals surface area contributed by atoms with Crippen molar-refractivity contribution in [3.05, 3.63) is 88.5 Å². The third-order valence-electron chi connectivity index (χ3n) is 9.42. The van der Waals surface area contributed by atoms with Crippen LogP contribution in [0, 0.1) is 17.3 Å². The first kappa shape index (κ1) is 38.5. The van der Waals surface area contributed by atoms with E-state index in [4.69, 9.17) is 0 Å². The molecule has 47 heavy (non-hydrogen) atoms. The molecule has 0 aliphatic rings. The summed E-state index contributed by atoms with van der Waals surface area (Å²) in [5.41, 5.74) is 8.23. The Labute approximate surface area is 289 Å². The van der Waals surface area contributed by atoms with Crippen LogP contribution in [-0.2, 0) is 29.3 Å². The number of phenolic OH excluding ortho intramolecular Hbond substituents is 1. The van der Waals surface area contributed by atoms with E-state index in [9.17, 15) is 5.11 Å². The van der Waals surface area contributed by atoms with Crippen LogP contribution in [0.5, 0.6) is 5.75 Å². The van der Waals surface area contributed by atoms with E-state index in [0.717, 1.165) is 29.7 Å². The SMILES string of the molecule is CC(C)CC(C)N(Cc1cc(C(C)(C)C)cc(C(C)(C)C)c1O)c1ccc(NC(C)(C)c2ccc(CC(C)CC(C)(C)C)cc2)cc1. The summed E-state index contributed by atoms with van der Waals surface area (Å²) in [6.07, 6.45) is 3.42. The van der Waals surface area contributed by atoms with Crippen LogP contribution in [0.25, 0.3) is 0 Å². The Bertz CT molecular complexity index is 1430. The summed E-state index contributed by atoms with van der Waals surface area (Å²) in [4.78, 5) is 2.47. The van der Waals surface area contributed by atoms with E-state index in [1.165, 1.54) is 28.8 Å². The van der Waals surface area contributed by atoms with Crippen molar-refractivity contribution in [3.8, 4) is 5.75 Å². The molecule has 0 bridgehead atoms. The highest BCUT2D eigenvalue weighted by molar-refractivity contribution is 5.58. The average Bonchev–Trinajstić information content (AvgIpc) is 2.90. The number of nitrogens with zero attached hydrogens (tertiary/aromatic N) is 1. The molecule has 0 saturated heterocycles. The highest BCUT2D eigenvalue weighted by atomic mass is 16.3. The highest BCUT2D eigenvalue weighted by Gasteiger charge is 2.27. The Morgan fingerprint density at radius 2 is 1.28 bits per heavy atom. The second kappa shape index (κ2) is 14.7. The predicted molar refractivity (Wildman–Crippen MR) is 207 cm³/mol. The molecule has 0 saturated carbocycles. The van der Waals surface area contributed by atoms with Gasteiger partial charge in [-0.1, -0.05) is 113 Å². The van der Waals surface area contributed by atoms with Crippen LogP contribution in [0.4, 0.5) is 11.4 Å². The van der Waals surface area contributed by atoms with Gasteiger partial charge in [0, 0.05) is 29.5 Å². The molecule has 3 aromatic carbocycles. The number of phenols is 1. The first-order valence-electron chi connectivity index (χ1n) is 18.1.